The molecule has 2 rings (SSSR count). The highest BCUT2D eigenvalue weighted by Crippen LogP contribution is 2.24. The summed E-state index contributed by atoms with van der Waals surface area (Å²) in [5.41, 5.74) is 0. The highest BCUT2D eigenvalue weighted by molar-refractivity contribution is 8.14. The van der Waals surface area contributed by atoms with E-state index in [2.05, 4.69) is 15.0 Å². The second-order valence-corrected chi connectivity index (χ2v) is 7.26. The van der Waals surface area contributed by atoms with Crippen molar-refractivity contribution in [3.63, 3.8) is 0 Å². The maximum absolute atomic E-state index is 11.7. The summed E-state index contributed by atoms with van der Waals surface area (Å²) in [6, 6.07) is 0. The van der Waals surface area contributed by atoms with E-state index in [1.54, 1.807) is 6.26 Å². The summed E-state index contributed by atoms with van der Waals surface area (Å²) in [6.07, 6.45) is 2.92. The molecular weight excluding hydrogens is 300 g/mol. The Hall–Kier alpha value is -0.930. The Bertz CT molecular complexity index is 579. The molecule has 1 aliphatic heterocycles. The summed E-state index contributed by atoms with van der Waals surface area (Å²) >= 11 is 1.30. The average Bonchev–Trinajstić information content (AvgIpc) is 2.71. The molecule has 7 nitrogen and oxygen atoms in total. The molecule has 0 saturated carbocycles. The van der Waals surface area contributed by atoms with Crippen molar-refractivity contribution in [1.29, 1.82) is 0 Å². The zero-order chi connectivity index (χ0) is 13.3. The number of carbonyl (C=O) groups excluding carboxylic acids is 1. The Morgan fingerprint density at radius 2 is 2.22 bits per heavy atom. The fraction of sp³-hybridized carbons (Fsp3) is 0.500. The lowest BCUT2D eigenvalue weighted by molar-refractivity contribution is -0.117. The molecule has 0 aliphatic carbocycles. The molecule has 0 bridgehead atoms. The van der Waals surface area contributed by atoms with Gasteiger partial charge < -0.3 is 0 Å². The van der Waals surface area contributed by atoms with Crippen LogP contribution in [0.15, 0.2) is 11.5 Å². The van der Waals surface area contributed by atoms with E-state index >= 15 is 0 Å². The van der Waals surface area contributed by atoms with Crippen LogP contribution in [0.25, 0.3) is 0 Å². The maximum atomic E-state index is 11.7. The molecule has 1 saturated heterocycles. The monoisotopic (exact) mass is 308 g/mol. The van der Waals surface area contributed by atoms with Gasteiger partial charge in [0.15, 0.2) is 5.16 Å². The molecule has 98 valence electrons. The number of carbonyl (C=O) groups is 1. The van der Waals surface area contributed by atoms with Crippen LogP contribution in [0.1, 0.15) is 6.42 Å². The van der Waals surface area contributed by atoms with Gasteiger partial charge in [-0.1, -0.05) is 11.8 Å². The van der Waals surface area contributed by atoms with Crippen LogP contribution in [0.3, 0.4) is 0 Å². The van der Waals surface area contributed by atoms with Crippen molar-refractivity contribution in [2.45, 2.75) is 16.8 Å². The van der Waals surface area contributed by atoms with Gasteiger partial charge in [-0.05, 0) is 6.26 Å². The van der Waals surface area contributed by atoms with Crippen molar-refractivity contribution in [3.05, 3.63) is 6.33 Å². The first kappa shape index (κ1) is 13.5. The van der Waals surface area contributed by atoms with Crippen molar-refractivity contribution in [2.24, 2.45) is 0 Å². The zero-order valence-corrected chi connectivity index (χ0v) is 11.7. The van der Waals surface area contributed by atoms with Crippen LogP contribution < -0.4 is 4.90 Å². The summed E-state index contributed by atoms with van der Waals surface area (Å²) in [5.74, 6) is -0.204. The van der Waals surface area contributed by atoms with E-state index in [0.29, 0.717) is 5.16 Å². The van der Waals surface area contributed by atoms with Gasteiger partial charge in [-0.3, -0.25) is 9.69 Å². The molecule has 18 heavy (non-hydrogen) atoms. The van der Waals surface area contributed by atoms with Crippen molar-refractivity contribution in [1.82, 2.24) is 15.0 Å². The summed E-state index contributed by atoms with van der Waals surface area (Å²) in [6.45, 7) is -0.0253. The lowest BCUT2D eigenvalue weighted by atomic mass is 10.4. The SMILES string of the molecule is CSc1ncnc(N2CC(S(=O)(=O)Cl)CC2=O)n1. The average molecular weight is 309 g/mol. The number of amides is 1. The molecule has 1 aromatic heterocycles. The van der Waals surface area contributed by atoms with Gasteiger partial charge >= 0.3 is 0 Å². The molecule has 0 radical (unpaired) electrons. The molecule has 1 aliphatic rings. The Morgan fingerprint density at radius 3 is 2.78 bits per heavy atom. The first-order valence-corrected chi connectivity index (χ1v) is 8.48. The van der Waals surface area contributed by atoms with Crippen molar-refractivity contribution >= 4 is 43.4 Å². The first-order chi connectivity index (χ1) is 8.41. The number of nitrogens with zero attached hydrogens (tertiary/aromatic N) is 4. The number of thioether (sulfide) groups is 1. The molecule has 0 N–H and O–H groups in total. The second-order valence-electron chi connectivity index (χ2n) is 3.58. The molecule has 1 aromatic rings. The standard InChI is InChI=1S/C8H9ClN4O3S2/c1-17-8-11-4-10-7(12-8)13-3-5(2-6(13)14)18(9,15)16/h4-5H,2-3H2,1H3. The van der Waals surface area contributed by atoms with Crippen molar-refractivity contribution in [2.75, 3.05) is 17.7 Å². The quantitative estimate of drug-likeness (QED) is 0.584. The van der Waals surface area contributed by atoms with E-state index < -0.39 is 14.3 Å². The van der Waals surface area contributed by atoms with Crippen molar-refractivity contribution in [3.8, 4) is 0 Å². The lowest BCUT2D eigenvalue weighted by Crippen LogP contribution is -2.28. The van der Waals surface area contributed by atoms with Crippen LogP contribution in [0, 0.1) is 0 Å². The van der Waals surface area contributed by atoms with Crippen LogP contribution in [0.4, 0.5) is 5.95 Å². The minimum absolute atomic E-state index is 0.0253. The second kappa shape index (κ2) is 4.98. The maximum Gasteiger partial charge on any atom is 0.237 e. The van der Waals surface area contributed by atoms with E-state index in [9.17, 15) is 13.2 Å². The molecule has 1 atom stereocenters. The number of hydrogen-bond acceptors (Lipinski definition) is 7. The largest absolute Gasteiger partial charge is 0.279 e. The van der Waals surface area contributed by atoms with Crippen LogP contribution >= 0.6 is 22.4 Å². The van der Waals surface area contributed by atoms with E-state index in [0.717, 1.165) is 0 Å². The predicted molar refractivity (Wildman–Crippen MR) is 67.1 cm³/mol. The van der Waals surface area contributed by atoms with Gasteiger partial charge in [-0.2, -0.15) is 4.98 Å². The summed E-state index contributed by atoms with van der Waals surface area (Å²) in [4.78, 5) is 24.7. The molecular formula is C8H9ClN4O3S2. The van der Waals surface area contributed by atoms with Gasteiger partial charge in [-0.15, -0.1) is 0 Å². The lowest BCUT2D eigenvalue weighted by Gasteiger charge is -2.13. The highest BCUT2D eigenvalue weighted by Gasteiger charge is 2.39. The van der Waals surface area contributed by atoms with E-state index in [1.165, 1.54) is 23.0 Å². The summed E-state index contributed by atoms with van der Waals surface area (Å²) in [7, 11) is 1.49. The molecule has 10 heteroatoms. The molecule has 0 aromatic carbocycles. The van der Waals surface area contributed by atoms with Gasteiger partial charge in [0.2, 0.25) is 20.9 Å². The summed E-state index contributed by atoms with van der Waals surface area (Å²) in [5, 5.41) is -0.453. The van der Waals surface area contributed by atoms with E-state index in [-0.39, 0.29) is 24.8 Å². The van der Waals surface area contributed by atoms with Gasteiger partial charge in [-0.25, -0.2) is 18.4 Å². The Balaban J connectivity index is 2.27. The topological polar surface area (TPSA) is 93.1 Å². The minimum atomic E-state index is -3.76. The molecule has 1 amide bonds. The van der Waals surface area contributed by atoms with Crippen LogP contribution in [0.2, 0.25) is 0 Å². The van der Waals surface area contributed by atoms with Gasteiger partial charge in [0.1, 0.15) is 11.6 Å². The van der Waals surface area contributed by atoms with Crippen LogP contribution in [-0.2, 0) is 13.8 Å². The number of anilines is 1. The highest BCUT2D eigenvalue weighted by atomic mass is 35.7. The van der Waals surface area contributed by atoms with Crippen molar-refractivity contribution < 1.29 is 13.2 Å². The fourth-order valence-corrected chi connectivity index (χ4v) is 2.91. The Morgan fingerprint density at radius 1 is 1.50 bits per heavy atom. The third kappa shape index (κ3) is 2.73. The van der Waals surface area contributed by atoms with Crippen LogP contribution in [0.5, 0.6) is 0 Å². The van der Waals surface area contributed by atoms with E-state index in [4.69, 9.17) is 10.7 Å². The number of rotatable bonds is 3. The van der Waals surface area contributed by atoms with Gasteiger partial charge in [0.25, 0.3) is 0 Å². The number of halogens is 1. The molecule has 2 heterocycles. The Kier molecular flexibility index (Phi) is 3.74. The third-order valence-electron chi connectivity index (χ3n) is 2.45. The van der Waals surface area contributed by atoms with Crippen LogP contribution in [-0.4, -0.2) is 47.3 Å². The number of aromatic nitrogens is 3. The van der Waals surface area contributed by atoms with E-state index in [1.807, 2.05) is 0 Å². The fourth-order valence-electron chi connectivity index (χ4n) is 1.56. The smallest absolute Gasteiger partial charge is 0.237 e. The summed E-state index contributed by atoms with van der Waals surface area (Å²) < 4.78 is 22.4. The normalized spacial score (nSPS) is 20.4. The third-order valence-corrected chi connectivity index (χ3v) is 4.88. The van der Waals surface area contributed by atoms with Gasteiger partial charge in [0, 0.05) is 23.6 Å². The molecule has 1 fully saturated rings. The molecule has 1 unspecified atom stereocenters. The minimum Gasteiger partial charge on any atom is -0.279 e. The molecule has 0 spiro atoms. The number of hydrogen-bond donors (Lipinski definition) is 0. The van der Waals surface area contributed by atoms with Gasteiger partial charge in [0.05, 0.1) is 0 Å². The first-order valence-electron chi connectivity index (χ1n) is 4.88. The predicted octanol–water partition coefficient (Wildman–Crippen LogP) is 0.267. The zero-order valence-electron chi connectivity index (χ0n) is 9.28. The Labute approximate surface area is 112 Å².